The van der Waals surface area contributed by atoms with E-state index >= 15 is 0 Å². The van der Waals surface area contributed by atoms with Gasteiger partial charge in [-0.25, -0.2) is 18.7 Å². The van der Waals surface area contributed by atoms with Gasteiger partial charge < -0.3 is 15.5 Å². The van der Waals surface area contributed by atoms with E-state index in [2.05, 4.69) is 20.6 Å². The van der Waals surface area contributed by atoms with Gasteiger partial charge in [0.2, 0.25) is 17.8 Å². The van der Waals surface area contributed by atoms with Crippen molar-refractivity contribution in [1.29, 1.82) is 0 Å². The Labute approximate surface area is 161 Å². The van der Waals surface area contributed by atoms with Gasteiger partial charge in [0, 0.05) is 37.5 Å². The molecule has 1 unspecified atom stereocenters. The summed E-state index contributed by atoms with van der Waals surface area (Å²) in [4.78, 5) is 34.7. The number of nitrogens with one attached hydrogen (secondary N) is 2. The molecule has 1 saturated heterocycles. The largest absolute Gasteiger partial charge is 0.354 e. The van der Waals surface area contributed by atoms with E-state index < -0.39 is 17.0 Å². The van der Waals surface area contributed by atoms with Crippen LogP contribution in [0.2, 0.25) is 0 Å². The monoisotopic (exact) mass is 389 g/mol. The Balaban J connectivity index is 1.68. The van der Waals surface area contributed by atoms with E-state index in [0.29, 0.717) is 18.2 Å². The highest BCUT2D eigenvalue weighted by Gasteiger charge is 2.45. The molecule has 0 radical (unpaired) electrons. The first-order chi connectivity index (χ1) is 13.3. The van der Waals surface area contributed by atoms with E-state index in [4.69, 9.17) is 0 Å². The Morgan fingerprint density at radius 1 is 1.29 bits per heavy atom. The quantitative estimate of drug-likeness (QED) is 0.791. The van der Waals surface area contributed by atoms with E-state index in [1.54, 1.807) is 19.2 Å². The summed E-state index contributed by atoms with van der Waals surface area (Å²) in [7, 11) is 0. The van der Waals surface area contributed by atoms with Gasteiger partial charge in [-0.2, -0.15) is 0 Å². The Hall–Kier alpha value is -3.10. The lowest BCUT2D eigenvalue weighted by Crippen LogP contribution is -2.40. The average molecular weight is 389 g/mol. The van der Waals surface area contributed by atoms with E-state index in [9.17, 15) is 18.4 Å². The summed E-state index contributed by atoms with van der Waals surface area (Å²) in [6, 6.07) is 4.58. The first kappa shape index (κ1) is 19.7. The number of aromatic nitrogens is 2. The third-order valence-electron chi connectivity index (χ3n) is 4.53. The molecule has 2 amide bonds. The zero-order valence-corrected chi connectivity index (χ0v) is 15.6. The normalized spacial score (nSPS) is 19.0. The van der Waals surface area contributed by atoms with E-state index in [1.807, 2.05) is 6.92 Å². The highest BCUT2D eigenvalue weighted by atomic mass is 19.1. The number of amides is 2. The van der Waals surface area contributed by atoms with E-state index in [1.165, 1.54) is 4.90 Å². The number of benzene rings is 1. The minimum atomic E-state index is -1.02. The highest BCUT2D eigenvalue weighted by molar-refractivity contribution is 6.02. The van der Waals surface area contributed by atoms with Crippen LogP contribution in [0.5, 0.6) is 0 Å². The van der Waals surface area contributed by atoms with Gasteiger partial charge in [-0.05, 0) is 32.0 Å². The topological polar surface area (TPSA) is 87.2 Å². The molecule has 0 saturated carbocycles. The van der Waals surface area contributed by atoms with E-state index in [-0.39, 0.29) is 37.0 Å². The van der Waals surface area contributed by atoms with Gasteiger partial charge in [0.05, 0.1) is 17.7 Å². The third-order valence-corrected chi connectivity index (χ3v) is 4.53. The smallest absolute Gasteiger partial charge is 0.228 e. The number of anilines is 2. The predicted molar refractivity (Wildman–Crippen MR) is 99.5 cm³/mol. The number of carbonyl (C=O) groups excluding carboxylic acids is 2. The van der Waals surface area contributed by atoms with Crippen LogP contribution in [-0.4, -0.2) is 34.9 Å². The van der Waals surface area contributed by atoms with Gasteiger partial charge in [0.1, 0.15) is 11.6 Å². The van der Waals surface area contributed by atoms with Gasteiger partial charge in [-0.15, -0.1) is 0 Å². The second kappa shape index (κ2) is 7.87. The van der Waals surface area contributed by atoms with Crippen molar-refractivity contribution in [2.45, 2.75) is 26.8 Å². The first-order valence-corrected chi connectivity index (χ1v) is 8.91. The molecule has 1 aliphatic rings. The fourth-order valence-corrected chi connectivity index (χ4v) is 3.13. The lowest BCUT2D eigenvalue weighted by molar-refractivity contribution is -0.131. The molecule has 2 aromatic rings. The highest BCUT2D eigenvalue weighted by Crippen LogP contribution is 2.35. The number of rotatable bonds is 6. The summed E-state index contributed by atoms with van der Waals surface area (Å²) in [5.74, 6) is -1.78. The standard InChI is InChI=1S/C19H21F2N5O2/c1-3-22-18-23-5-4-14(25-18)10-24-17(28)19(2)9-16(27)26(11-19)15-7-12(20)6-13(21)8-15/h4-8H,3,9-11H2,1-2H3,(H,24,28)(H,22,23,25). The molecule has 2 N–H and O–H groups in total. The summed E-state index contributed by atoms with van der Waals surface area (Å²) in [5.41, 5.74) is -0.293. The summed E-state index contributed by atoms with van der Waals surface area (Å²) in [6.07, 6.45) is 1.54. The summed E-state index contributed by atoms with van der Waals surface area (Å²) in [5, 5.41) is 5.77. The maximum atomic E-state index is 13.5. The molecule has 148 valence electrons. The molecular weight excluding hydrogens is 368 g/mol. The minimum Gasteiger partial charge on any atom is -0.354 e. The fourth-order valence-electron chi connectivity index (χ4n) is 3.13. The van der Waals surface area contributed by atoms with E-state index in [0.717, 1.165) is 18.2 Å². The number of hydrogen-bond donors (Lipinski definition) is 2. The van der Waals surface area contributed by atoms with Gasteiger partial charge in [-0.3, -0.25) is 9.59 Å². The van der Waals surface area contributed by atoms with Crippen LogP contribution < -0.4 is 15.5 Å². The lowest BCUT2D eigenvalue weighted by Gasteiger charge is -2.23. The molecule has 9 heteroatoms. The molecule has 0 spiro atoms. The second-order valence-electron chi connectivity index (χ2n) is 6.93. The molecule has 7 nitrogen and oxygen atoms in total. The van der Waals surface area contributed by atoms with Gasteiger partial charge in [0.25, 0.3) is 0 Å². The predicted octanol–water partition coefficient (Wildman–Crippen LogP) is 2.25. The van der Waals surface area contributed by atoms with Crippen LogP contribution in [0.1, 0.15) is 26.0 Å². The molecule has 28 heavy (non-hydrogen) atoms. The molecule has 0 bridgehead atoms. The van der Waals surface area contributed by atoms with Crippen LogP contribution >= 0.6 is 0 Å². The van der Waals surface area contributed by atoms with Crippen LogP contribution in [0.4, 0.5) is 20.4 Å². The third kappa shape index (κ3) is 4.24. The van der Waals surface area contributed by atoms with Crippen molar-refractivity contribution in [3.8, 4) is 0 Å². The maximum Gasteiger partial charge on any atom is 0.228 e. The zero-order chi connectivity index (χ0) is 20.3. The molecule has 2 heterocycles. The van der Waals surface area contributed by atoms with Crippen LogP contribution in [-0.2, 0) is 16.1 Å². The van der Waals surface area contributed by atoms with Crippen molar-refractivity contribution in [2.75, 3.05) is 23.3 Å². The lowest BCUT2D eigenvalue weighted by atomic mass is 9.88. The first-order valence-electron chi connectivity index (χ1n) is 8.91. The summed E-state index contributed by atoms with van der Waals surface area (Å²) < 4.78 is 27.0. The fraction of sp³-hybridized carbons (Fsp3) is 0.368. The van der Waals surface area contributed by atoms with Crippen molar-refractivity contribution in [3.05, 3.63) is 47.8 Å². The molecule has 0 aliphatic carbocycles. The summed E-state index contributed by atoms with van der Waals surface area (Å²) >= 11 is 0. The van der Waals surface area contributed by atoms with Gasteiger partial charge in [0.15, 0.2) is 0 Å². The van der Waals surface area contributed by atoms with Crippen molar-refractivity contribution >= 4 is 23.5 Å². The molecule has 3 rings (SSSR count). The van der Waals surface area contributed by atoms with Crippen molar-refractivity contribution in [1.82, 2.24) is 15.3 Å². The van der Waals surface area contributed by atoms with Crippen molar-refractivity contribution in [3.63, 3.8) is 0 Å². The molecule has 1 aromatic heterocycles. The maximum absolute atomic E-state index is 13.5. The Bertz CT molecular complexity index is 887. The average Bonchev–Trinajstić information content (AvgIpc) is 2.95. The van der Waals surface area contributed by atoms with Crippen LogP contribution in [0.15, 0.2) is 30.5 Å². The van der Waals surface area contributed by atoms with Crippen molar-refractivity contribution in [2.24, 2.45) is 5.41 Å². The Morgan fingerprint density at radius 3 is 2.68 bits per heavy atom. The molecular formula is C19H21F2N5O2. The zero-order valence-electron chi connectivity index (χ0n) is 15.6. The Kier molecular flexibility index (Phi) is 5.53. The molecule has 1 aromatic carbocycles. The second-order valence-corrected chi connectivity index (χ2v) is 6.93. The molecule has 1 fully saturated rings. The number of nitrogens with zero attached hydrogens (tertiary/aromatic N) is 3. The SMILES string of the molecule is CCNc1nccc(CNC(=O)C2(C)CC(=O)N(c3cc(F)cc(F)c3)C2)n1. The number of carbonyl (C=O) groups is 2. The van der Waals surface area contributed by atoms with Gasteiger partial charge >= 0.3 is 0 Å². The van der Waals surface area contributed by atoms with Gasteiger partial charge in [-0.1, -0.05) is 0 Å². The van der Waals surface area contributed by atoms with Crippen molar-refractivity contribution < 1.29 is 18.4 Å². The van der Waals surface area contributed by atoms with Crippen LogP contribution in [0.3, 0.4) is 0 Å². The minimum absolute atomic E-state index is 0.0347. The number of halogens is 2. The van der Waals surface area contributed by atoms with Crippen LogP contribution in [0, 0.1) is 17.0 Å². The molecule has 1 aliphatic heterocycles. The number of hydrogen-bond acceptors (Lipinski definition) is 5. The Morgan fingerprint density at radius 2 is 2.00 bits per heavy atom. The van der Waals surface area contributed by atoms with Crippen LogP contribution in [0.25, 0.3) is 0 Å². The summed E-state index contributed by atoms with van der Waals surface area (Å²) in [6.45, 7) is 4.46. The molecule has 1 atom stereocenters.